The molecule has 2 aromatic rings. The van der Waals surface area contributed by atoms with Gasteiger partial charge in [0.25, 0.3) is 17.2 Å². The third-order valence-corrected chi connectivity index (χ3v) is 3.23. The molecule has 0 spiro atoms. The average Bonchev–Trinajstić information content (AvgIpc) is 2.50. The highest BCUT2D eigenvalue weighted by molar-refractivity contribution is 7.80. The monoisotopic (exact) mass is 342 g/mol. The lowest BCUT2D eigenvalue weighted by Crippen LogP contribution is -2.13. The fraction of sp³-hybridized carbons (Fsp3) is 0.0714. The van der Waals surface area contributed by atoms with Crippen molar-refractivity contribution in [3.63, 3.8) is 0 Å². The molecule has 0 aliphatic carbocycles. The molecule has 0 heterocycles. The van der Waals surface area contributed by atoms with Crippen LogP contribution in [0, 0.1) is 11.6 Å². The molecule has 0 saturated heterocycles. The van der Waals surface area contributed by atoms with Gasteiger partial charge < -0.3 is 10.1 Å². The molecule has 0 fully saturated rings. The number of methoxy groups -OCH3 is 1. The molecule has 1 unspecified atom stereocenters. The molecule has 1 amide bonds. The molecule has 0 aromatic heterocycles. The maximum absolute atomic E-state index is 13.1. The number of rotatable bonds is 5. The van der Waals surface area contributed by atoms with Crippen LogP contribution in [0.5, 0.6) is 5.75 Å². The maximum Gasteiger partial charge on any atom is 0.259 e. The molecule has 0 aliphatic heterocycles. The van der Waals surface area contributed by atoms with Crippen molar-refractivity contribution in [1.82, 2.24) is 0 Å². The number of amides is 1. The van der Waals surface area contributed by atoms with Crippen LogP contribution in [0.1, 0.15) is 10.4 Å². The predicted molar refractivity (Wildman–Crippen MR) is 81.7 cm³/mol. The van der Waals surface area contributed by atoms with Crippen LogP contribution in [0.3, 0.4) is 0 Å². The van der Waals surface area contributed by atoms with Crippen LogP contribution >= 0.6 is 0 Å². The van der Waals surface area contributed by atoms with Crippen LogP contribution in [0.15, 0.2) is 36.4 Å². The second-order valence-corrected chi connectivity index (χ2v) is 5.05. The van der Waals surface area contributed by atoms with E-state index in [4.69, 9.17) is 9.29 Å². The number of benzene rings is 2. The fourth-order valence-corrected chi connectivity index (χ4v) is 2.15. The normalized spacial score (nSPS) is 11.7. The van der Waals surface area contributed by atoms with Crippen LogP contribution < -0.4 is 14.8 Å². The highest BCUT2D eigenvalue weighted by Gasteiger charge is 2.12. The minimum atomic E-state index is -2.35. The molecule has 3 N–H and O–H groups in total. The summed E-state index contributed by atoms with van der Waals surface area (Å²) in [6, 6.07) is 7.08. The smallest absolute Gasteiger partial charge is 0.259 e. The van der Waals surface area contributed by atoms with Gasteiger partial charge in [-0.05, 0) is 30.3 Å². The van der Waals surface area contributed by atoms with E-state index in [9.17, 15) is 17.8 Å². The van der Waals surface area contributed by atoms with Crippen LogP contribution in [-0.2, 0) is 11.3 Å². The quantitative estimate of drug-likeness (QED) is 0.729. The molecule has 6 nitrogen and oxygen atoms in total. The number of nitrogens with one attached hydrogen (secondary N) is 2. The lowest BCUT2D eigenvalue weighted by atomic mass is 10.1. The first-order valence-electron chi connectivity index (χ1n) is 6.22. The summed E-state index contributed by atoms with van der Waals surface area (Å²) in [5.41, 5.74) is 0.333. The molecular weight excluding hydrogens is 330 g/mol. The first-order chi connectivity index (χ1) is 10.9. The standard InChI is InChI=1S/C14H12F2N2O4S/c1-22-13-5-2-8(6-12(13)18-23(20)21)14(19)17-9-3-4-10(15)11(16)7-9/h2-7,18H,1H3,(H,17,19)(H,20,21). The molecule has 23 heavy (non-hydrogen) atoms. The number of anilines is 2. The Morgan fingerprint density at radius 1 is 1.17 bits per heavy atom. The largest absolute Gasteiger partial charge is 0.495 e. The van der Waals surface area contributed by atoms with Crippen molar-refractivity contribution in [1.29, 1.82) is 0 Å². The summed E-state index contributed by atoms with van der Waals surface area (Å²) in [5.74, 6) is -2.46. The zero-order valence-corrected chi connectivity index (χ0v) is 12.6. The lowest BCUT2D eigenvalue weighted by molar-refractivity contribution is 0.102. The summed E-state index contributed by atoms with van der Waals surface area (Å²) >= 11 is -2.35. The highest BCUT2D eigenvalue weighted by atomic mass is 32.2. The van der Waals surface area contributed by atoms with Crippen molar-refractivity contribution in [3.8, 4) is 5.75 Å². The first kappa shape index (κ1) is 16.8. The number of hydrogen-bond donors (Lipinski definition) is 3. The Balaban J connectivity index is 2.24. The molecule has 9 heteroatoms. The van der Waals surface area contributed by atoms with E-state index in [0.717, 1.165) is 12.1 Å². The van der Waals surface area contributed by atoms with Crippen LogP contribution in [-0.4, -0.2) is 21.8 Å². The molecule has 2 aromatic carbocycles. The number of hydrogen-bond acceptors (Lipinski definition) is 3. The number of carbonyl (C=O) groups is 1. The molecule has 2 rings (SSSR count). The molecule has 122 valence electrons. The molecule has 1 atom stereocenters. The van der Waals surface area contributed by atoms with Crippen LogP contribution in [0.25, 0.3) is 0 Å². The minimum Gasteiger partial charge on any atom is -0.495 e. The van der Waals surface area contributed by atoms with E-state index in [1.165, 1.54) is 31.4 Å². The Bertz CT molecular complexity index is 770. The van der Waals surface area contributed by atoms with Gasteiger partial charge in [0.2, 0.25) is 0 Å². The number of halogens is 2. The van der Waals surface area contributed by atoms with Crippen molar-refractivity contribution in [2.75, 3.05) is 17.1 Å². The second kappa shape index (κ2) is 7.16. The van der Waals surface area contributed by atoms with Crippen LogP contribution in [0.2, 0.25) is 0 Å². The Kier molecular flexibility index (Phi) is 5.24. The van der Waals surface area contributed by atoms with E-state index >= 15 is 0 Å². The van der Waals surface area contributed by atoms with Crippen LogP contribution in [0.4, 0.5) is 20.2 Å². The van der Waals surface area contributed by atoms with Gasteiger partial charge in [0, 0.05) is 17.3 Å². The fourth-order valence-electron chi connectivity index (χ4n) is 1.80. The molecule has 0 aliphatic rings. The summed E-state index contributed by atoms with van der Waals surface area (Å²) in [7, 11) is 1.36. The van der Waals surface area contributed by atoms with Gasteiger partial charge in [0.05, 0.1) is 12.8 Å². The zero-order chi connectivity index (χ0) is 17.0. The summed E-state index contributed by atoms with van der Waals surface area (Å²) < 4.78 is 52.9. The first-order valence-corrected chi connectivity index (χ1v) is 7.33. The van der Waals surface area contributed by atoms with Crippen molar-refractivity contribution < 1.29 is 27.1 Å². The van der Waals surface area contributed by atoms with E-state index in [2.05, 4.69) is 10.0 Å². The Morgan fingerprint density at radius 2 is 1.91 bits per heavy atom. The summed E-state index contributed by atoms with van der Waals surface area (Å²) in [4.78, 5) is 12.1. The van der Waals surface area contributed by atoms with E-state index in [1.54, 1.807) is 0 Å². The van der Waals surface area contributed by atoms with Gasteiger partial charge in [0.15, 0.2) is 11.6 Å². The predicted octanol–water partition coefficient (Wildman–Crippen LogP) is 2.77. The van der Waals surface area contributed by atoms with Crippen molar-refractivity contribution in [2.24, 2.45) is 0 Å². The van der Waals surface area contributed by atoms with Crippen molar-refractivity contribution in [2.45, 2.75) is 0 Å². The maximum atomic E-state index is 13.1. The Hall–Kier alpha value is -2.52. The van der Waals surface area contributed by atoms with Gasteiger partial charge in [-0.1, -0.05) is 0 Å². The average molecular weight is 342 g/mol. The highest BCUT2D eigenvalue weighted by Crippen LogP contribution is 2.26. The Labute approximate surface area is 132 Å². The van der Waals surface area contributed by atoms with Gasteiger partial charge in [-0.15, -0.1) is 0 Å². The van der Waals surface area contributed by atoms with Gasteiger partial charge in [-0.25, -0.2) is 13.0 Å². The summed E-state index contributed by atoms with van der Waals surface area (Å²) in [6.45, 7) is 0. The van der Waals surface area contributed by atoms with Gasteiger partial charge >= 0.3 is 0 Å². The topological polar surface area (TPSA) is 87.7 Å². The van der Waals surface area contributed by atoms with Crippen molar-refractivity contribution in [3.05, 3.63) is 53.6 Å². The molecule has 0 bridgehead atoms. The molecule has 0 saturated carbocycles. The van der Waals surface area contributed by atoms with Gasteiger partial charge in [-0.2, -0.15) is 0 Å². The summed E-state index contributed by atoms with van der Waals surface area (Å²) in [5, 5.41) is 2.39. The lowest BCUT2D eigenvalue weighted by Gasteiger charge is -2.11. The summed E-state index contributed by atoms with van der Waals surface area (Å²) in [6.07, 6.45) is 0. The number of carbonyl (C=O) groups excluding carboxylic acids is 1. The van der Waals surface area contributed by atoms with E-state index in [1.807, 2.05) is 0 Å². The third-order valence-electron chi connectivity index (χ3n) is 2.84. The molecular formula is C14H12F2N2O4S. The number of ether oxygens (including phenoxy) is 1. The minimum absolute atomic E-state index is 0.0740. The second-order valence-electron chi connectivity index (χ2n) is 4.35. The van der Waals surface area contributed by atoms with Gasteiger partial charge in [0.1, 0.15) is 5.75 Å². The van der Waals surface area contributed by atoms with E-state index < -0.39 is 28.8 Å². The van der Waals surface area contributed by atoms with E-state index in [-0.39, 0.29) is 22.7 Å². The van der Waals surface area contributed by atoms with E-state index in [0.29, 0.717) is 0 Å². The Morgan fingerprint density at radius 3 is 2.52 bits per heavy atom. The molecule has 0 radical (unpaired) electrons. The van der Waals surface area contributed by atoms with Gasteiger partial charge in [-0.3, -0.25) is 14.1 Å². The zero-order valence-electron chi connectivity index (χ0n) is 11.8. The van der Waals surface area contributed by atoms with Crippen molar-refractivity contribution >= 4 is 28.5 Å². The third kappa shape index (κ3) is 4.24. The SMILES string of the molecule is COc1ccc(C(=O)Nc2ccc(F)c(F)c2)cc1NS(=O)O.